The molecule has 2 rings (SSSR count). The van der Waals surface area contributed by atoms with Crippen molar-refractivity contribution in [3.8, 4) is 0 Å². The Morgan fingerprint density at radius 3 is 2.74 bits per heavy atom. The molecule has 0 radical (unpaired) electrons. The summed E-state index contributed by atoms with van der Waals surface area (Å²) in [5.41, 5.74) is 0. The number of rotatable bonds is 6. The number of nitrogens with zero attached hydrogens (tertiary/aromatic N) is 2. The maximum Gasteiger partial charge on any atom is 0.158 e. The molecule has 0 amide bonds. The maximum absolute atomic E-state index is 5.06. The van der Waals surface area contributed by atoms with Gasteiger partial charge in [-0.05, 0) is 28.1 Å². The van der Waals surface area contributed by atoms with Crippen molar-refractivity contribution >= 4 is 38.9 Å². The van der Waals surface area contributed by atoms with Gasteiger partial charge in [0.05, 0.1) is 10.3 Å². The number of hydrogen-bond donors (Lipinski definition) is 2. The van der Waals surface area contributed by atoms with E-state index in [1.165, 1.54) is 4.88 Å². The second-order valence-electron chi connectivity index (χ2n) is 3.80. The summed E-state index contributed by atoms with van der Waals surface area (Å²) in [5.74, 6) is 2.22. The highest BCUT2D eigenvalue weighted by atomic mass is 79.9. The van der Waals surface area contributed by atoms with Gasteiger partial charge in [-0.25, -0.2) is 9.97 Å². The lowest BCUT2D eigenvalue weighted by Gasteiger charge is -2.08. The molecule has 2 heterocycles. The Hall–Kier alpha value is -1.18. The van der Waals surface area contributed by atoms with Crippen LogP contribution in [0.1, 0.15) is 10.7 Å². The van der Waals surface area contributed by atoms with Gasteiger partial charge < -0.3 is 15.4 Å². The fraction of sp³-hybridized carbons (Fsp3) is 0.333. The Labute approximate surface area is 124 Å². The fourth-order valence-corrected chi connectivity index (χ4v) is 2.96. The first-order chi connectivity index (χ1) is 9.21. The number of thiophene rings is 1. The number of hydrogen-bond acceptors (Lipinski definition) is 6. The molecule has 0 bridgehead atoms. The number of anilines is 2. The van der Waals surface area contributed by atoms with E-state index in [0.717, 1.165) is 22.0 Å². The first kappa shape index (κ1) is 14.2. The monoisotopic (exact) mass is 342 g/mol. The predicted molar refractivity (Wildman–Crippen MR) is 81.6 cm³/mol. The minimum Gasteiger partial charge on any atom is -0.377 e. The third kappa shape index (κ3) is 4.15. The van der Waals surface area contributed by atoms with Crippen LogP contribution in [0.25, 0.3) is 0 Å². The molecule has 0 aliphatic carbocycles. The molecular weight excluding hydrogens is 328 g/mol. The van der Waals surface area contributed by atoms with Crippen LogP contribution in [0.3, 0.4) is 0 Å². The summed E-state index contributed by atoms with van der Waals surface area (Å²) in [7, 11) is 3.46. The first-order valence-electron chi connectivity index (χ1n) is 5.74. The van der Waals surface area contributed by atoms with Crippen molar-refractivity contribution in [2.45, 2.75) is 13.2 Å². The smallest absolute Gasteiger partial charge is 0.158 e. The molecule has 0 spiro atoms. The van der Waals surface area contributed by atoms with Gasteiger partial charge in [-0.3, -0.25) is 0 Å². The third-order valence-electron chi connectivity index (χ3n) is 2.37. The minimum atomic E-state index is 0.398. The van der Waals surface area contributed by atoms with E-state index in [-0.39, 0.29) is 0 Å². The van der Waals surface area contributed by atoms with Crippen LogP contribution >= 0.6 is 27.3 Å². The van der Waals surface area contributed by atoms with Crippen LogP contribution in [-0.4, -0.2) is 24.1 Å². The zero-order valence-electron chi connectivity index (χ0n) is 10.7. The standard InChI is InChI=1S/C12H15BrN4OS/c1-14-10-5-11(17-12(16-10)7-18-2)15-6-8-3-4-9(13)19-8/h3-5H,6-7H2,1-2H3,(H2,14,15,16,17). The van der Waals surface area contributed by atoms with Gasteiger partial charge in [0, 0.05) is 25.1 Å². The van der Waals surface area contributed by atoms with E-state index in [9.17, 15) is 0 Å². The molecule has 7 heteroatoms. The van der Waals surface area contributed by atoms with Crippen molar-refractivity contribution in [1.29, 1.82) is 0 Å². The number of ether oxygens (including phenoxy) is 1. The Morgan fingerprint density at radius 1 is 1.32 bits per heavy atom. The Bertz CT molecular complexity index is 546. The average molecular weight is 343 g/mol. The zero-order valence-corrected chi connectivity index (χ0v) is 13.1. The molecule has 0 aliphatic rings. The van der Waals surface area contributed by atoms with Crippen molar-refractivity contribution < 1.29 is 4.74 Å². The van der Waals surface area contributed by atoms with Gasteiger partial charge in [0.25, 0.3) is 0 Å². The van der Waals surface area contributed by atoms with Gasteiger partial charge in [-0.2, -0.15) is 0 Å². The number of nitrogens with one attached hydrogen (secondary N) is 2. The molecule has 19 heavy (non-hydrogen) atoms. The number of halogens is 1. The Kier molecular flexibility index (Phi) is 5.12. The van der Waals surface area contributed by atoms with Gasteiger partial charge >= 0.3 is 0 Å². The van der Waals surface area contributed by atoms with Crippen LogP contribution in [0.2, 0.25) is 0 Å². The molecule has 0 unspecified atom stereocenters. The van der Waals surface area contributed by atoms with Crippen molar-refractivity contribution in [2.24, 2.45) is 0 Å². The quantitative estimate of drug-likeness (QED) is 0.844. The highest BCUT2D eigenvalue weighted by Crippen LogP contribution is 2.23. The summed E-state index contributed by atoms with van der Waals surface area (Å²) in [6, 6.07) is 6.00. The second kappa shape index (κ2) is 6.83. The normalized spacial score (nSPS) is 10.5. The van der Waals surface area contributed by atoms with Crippen LogP contribution in [0, 0.1) is 0 Å². The van der Waals surface area contributed by atoms with Gasteiger partial charge in [0.2, 0.25) is 0 Å². The molecular formula is C12H15BrN4OS. The molecule has 0 atom stereocenters. The molecule has 0 aromatic carbocycles. The summed E-state index contributed by atoms with van der Waals surface area (Å²) in [6.45, 7) is 1.14. The highest BCUT2D eigenvalue weighted by molar-refractivity contribution is 9.11. The van der Waals surface area contributed by atoms with Crippen LogP contribution in [-0.2, 0) is 17.9 Å². The van der Waals surface area contributed by atoms with Gasteiger partial charge in [-0.15, -0.1) is 11.3 Å². The molecule has 0 saturated heterocycles. The third-order valence-corrected chi connectivity index (χ3v) is 4.00. The minimum absolute atomic E-state index is 0.398. The molecule has 2 aromatic rings. The van der Waals surface area contributed by atoms with Crippen LogP contribution < -0.4 is 10.6 Å². The molecule has 2 N–H and O–H groups in total. The summed E-state index contributed by atoms with van der Waals surface area (Å²) < 4.78 is 6.19. The van der Waals surface area contributed by atoms with Crippen molar-refractivity contribution in [2.75, 3.05) is 24.8 Å². The molecule has 0 saturated carbocycles. The van der Waals surface area contributed by atoms with E-state index in [0.29, 0.717) is 12.4 Å². The van der Waals surface area contributed by atoms with Crippen molar-refractivity contribution in [3.05, 3.63) is 32.7 Å². The van der Waals surface area contributed by atoms with Gasteiger partial charge in [0.1, 0.15) is 18.2 Å². The predicted octanol–water partition coefficient (Wildman–Crippen LogP) is 3.10. The van der Waals surface area contributed by atoms with E-state index in [1.54, 1.807) is 18.4 Å². The molecule has 0 aliphatic heterocycles. The van der Waals surface area contributed by atoms with Crippen molar-refractivity contribution in [3.63, 3.8) is 0 Å². The summed E-state index contributed by atoms with van der Waals surface area (Å²) >= 11 is 5.15. The lowest BCUT2D eigenvalue weighted by molar-refractivity contribution is 0.178. The largest absolute Gasteiger partial charge is 0.377 e. The molecule has 5 nitrogen and oxygen atoms in total. The van der Waals surface area contributed by atoms with Crippen LogP contribution in [0.5, 0.6) is 0 Å². The van der Waals surface area contributed by atoms with Crippen molar-refractivity contribution in [1.82, 2.24) is 9.97 Å². The summed E-state index contributed by atoms with van der Waals surface area (Å²) in [6.07, 6.45) is 0. The molecule has 0 fully saturated rings. The Morgan fingerprint density at radius 2 is 2.11 bits per heavy atom. The van der Waals surface area contributed by atoms with E-state index in [4.69, 9.17) is 4.74 Å². The molecule has 2 aromatic heterocycles. The van der Waals surface area contributed by atoms with Gasteiger partial charge in [0.15, 0.2) is 5.82 Å². The average Bonchev–Trinajstić information content (AvgIpc) is 2.82. The summed E-state index contributed by atoms with van der Waals surface area (Å²) in [4.78, 5) is 9.95. The molecule has 102 valence electrons. The topological polar surface area (TPSA) is 59.1 Å². The lowest BCUT2D eigenvalue weighted by atomic mass is 10.4. The highest BCUT2D eigenvalue weighted by Gasteiger charge is 2.04. The van der Waals surface area contributed by atoms with Crippen LogP contribution in [0.4, 0.5) is 11.6 Å². The van der Waals surface area contributed by atoms with E-state index < -0.39 is 0 Å². The first-order valence-corrected chi connectivity index (χ1v) is 7.35. The maximum atomic E-state index is 5.06. The summed E-state index contributed by atoms with van der Waals surface area (Å²) in [5, 5.41) is 6.31. The number of methoxy groups -OCH3 is 1. The number of aromatic nitrogens is 2. The van der Waals surface area contributed by atoms with E-state index in [2.05, 4.69) is 42.6 Å². The van der Waals surface area contributed by atoms with E-state index >= 15 is 0 Å². The lowest BCUT2D eigenvalue weighted by Crippen LogP contribution is -2.06. The van der Waals surface area contributed by atoms with E-state index in [1.807, 2.05) is 19.2 Å². The SMILES string of the molecule is CNc1cc(NCc2ccc(Br)s2)nc(COC)n1. The Balaban J connectivity index is 2.08. The van der Waals surface area contributed by atoms with Crippen LogP contribution in [0.15, 0.2) is 22.0 Å². The zero-order chi connectivity index (χ0) is 13.7. The second-order valence-corrected chi connectivity index (χ2v) is 6.34. The fourth-order valence-electron chi connectivity index (χ4n) is 1.53. The van der Waals surface area contributed by atoms with Gasteiger partial charge in [-0.1, -0.05) is 0 Å².